The monoisotopic (exact) mass is 302 g/mol. The minimum atomic E-state index is -0.253. The molecule has 22 heavy (non-hydrogen) atoms. The molecule has 7 heteroatoms. The highest BCUT2D eigenvalue weighted by atomic mass is 16.5. The summed E-state index contributed by atoms with van der Waals surface area (Å²) in [4.78, 5) is 23.2. The first-order valence-corrected chi connectivity index (χ1v) is 6.95. The van der Waals surface area contributed by atoms with Gasteiger partial charge in [-0.15, -0.1) is 10.2 Å². The largest absolute Gasteiger partial charge is 0.484 e. The van der Waals surface area contributed by atoms with Crippen molar-refractivity contribution in [3.05, 3.63) is 42.0 Å². The van der Waals surface area contributed by atoms with E-state index in [4.69, 9.17) is 4.74 Å². The highest BCUT2D eigenvalue weighted by Crippen LogP contribution is 2.13. The molecule has 0 saturated carbocycles. The van der Waals surface area contributed by atoms with Crippen LogP contribution in [0, 0.1) is 0 Å². The molecule has 0 fully saturated rings. The van der Waals surface area contributed by atoms with Crippen molar-refractivity contribution < 1.29 is 14.3 Å². The third kappa shape index (κ3) is 4.15. The number of ether oxygens (including phenoxy) is 1. The Morgan fingerprint density at radius 2 is 2.00 bits per heavy atom. The Morgan fingerprint density at radius 1 is 1.27 bits per heavy atom. The Kier molecular flexibility index (Phi) is 5.24. The zero-order valence-corrected chi connectivity index (χ0v) is 12.6. The van der Waals surface area contributed by atoms with Crippen LogP contribution in [0.25, 0.3) is 0 Å². The molecule has 0 atom stereocenters. The van der Waals surface area contributed by atoms with Gasteiger partial charge < -0.3 is 14.6 Å². The molecule has 2 rings (SSSR count). The molecule has 2 aromatic rings. The van der Waals surface area contributed by atoms with Gasteiger partial charge in [0.05, 0.1) is 6.54 Å². The van der Waals surface area contributed by atoms with Gasteiger partial charge in [0, 0.05) is 19.0 Å². The first-order chi connectivity index (χ1) is 10.6. The molecule has 0 bridgehead atoms. The predicted octanol–water partition coefficient (Wildman–Crippen LogP) is 1.10. The number of hydrogen-bond acceptors (Lipinski definition) is 5. The van der Waals surface area contributed by atoms with Gasteiger partial charge in [-0.25, -0.2) is 0 Å². The second kappa shape index (κ2) is 7.35. The summed E-state index contributed by atoms with van der Waals surface area (Å²) >= 11 is 0. The van der Waals surface area contributed by atoms with Crippen LogP contribution in [0.15, 0.2) is 30.6 Å². The van der Waals surface area contributed by atoms with Crippen LogP contribution in [0.4, 0.5) is 0 Å². The third-order valence-corrected chi connectivity index (χ3v) is 3.12. The lowest BCUT2D eigenvalue weighted by Crippen LogP contribution is -2.29. The number of carbonyl (C=O) groups excluding carboxylic acids is 2. The quantitative estimate of drug-likeness (QED) is 0.774. The molecule has 1 amide bonds. The highest BCUT2D eigenvalue weighted by Gasteiger charge is 2.07. The second-order valence-electron chi connectivity index (χ2n) is 4.72. The lowest BCUT2D eigenvalue weighted by molar-refractivity contribution is -0.123. The molecule has 1 aromatic heterocycles. The summed E-state index contributed by atoms with van der Waals surface area (Å²) in [6.07, 6.45) is 2.03. The minimum Gasteiger partial charge on any atom is -0.484 e. The number of nitrogens with one attached hydrogen (secondary N) is 1. The number of aryl methyl sites for hydroxylation is 1. The summed E-state index contributed by atoms with van der Waals surface area (Å²) in [5.74, 6) is 1.03. The van der Waals surface area contributed by atoms with Gasteiger partial charge >= 0.3 is 0 Å². The van der Waals surface area contributed by atoms with Crippen LogP contribution >= 0.6 is 0 Å². The summed E-state index contributed by atoms with van der Waals surface area (Å²) in [6.45, 7) is 2.01. The molecule has 0 spiro atoms. The molecule has 1 aromatic carbocycles. The molecule has 0 unspecified atom stereocenters. The van der Waals surface area contributed by atoms with E-state index >= 15 is 0 Å². The molecule has 1 heterocycles. The molecule has 0 aliphatic rings. The molecule has 7 nitrogen and oxygen atoms in total. The molecular formula is C15H18N4O3. The fourth-order valence-electron chi connectivity index (χ4n) is 1.79. The number of carbonyl (C=O) groups is 2. The average Bonchev–Trinajstić information content (AvgIpc) is 2.95. The number of Topliss-reactive ketones (excluding diaryl/α,β-unsaturated/α-hetero) is 1. The smallest absolute Gasteiger partial charge is 0.258 e. The van der Waals surface area contributed by atoms with E-state index < -0.39 is 0 Å². The van der Waals surface area contributed by atoms with E-state index in [0.29, 0.717) is 30.1 Å². The number of ketones is 1. The van der Waals surface area contributed by atoms with Crippen molar-refractivity contribution in [1.29, 1.82) is 0 Å². The van der Waals surface area contributed by atoms with Gasteiger partial charge in [0.1, 0.15) is 12.1 Å². The maximum Gasteiger partial charge on any atom is 0.258 e. The Balaban J connectivity index is 1.78. The van der Waals surface area contributed by atoms with Crippen molar-refractivity contribution in [2.75, 3.05) is 6.61 Å². The van der Waals surface area contributed by atoms with Gasteiger partial charge in [0.25, 0.3) is 5.91 Å². The number of amides is 1. The number of hydrogen-bond donors (Lipinski definition) is 1. The first kappa shape index (κ1) is 15.7. The van der Waals surface area contributed by atoms with Gasteiger partial charge in [-0.3, -0.25) is 9.59 Å². The molecule has 0 aliphatic heterocycles. The van der Waals surface area contributed by atoms with Gasteiger partial charge in [0.2, 0.25) is 0 Å². The standard InChI is InChI=1S/C15H18N4O3/c1-3-13(20)11-4-6-12(7-5-11)22-9-15(21)16-8-14-18-17-10-19(14)2/h4-7,10H,3,8-9H2,1-2H3,(H,16,21). The normalized spacial score (nSPS) is 10.3. The Labute approximate surface area is 128 Å². The summed E-state index contributed by atoms with van der Waals surface area (Å²) < 4.78 is 7.10. The van der Waals surface area contributed by atoms with E-state index in [9.17, 15) is 9.59 Å². The number of nitrogens with zero attached hydrogens (tertiary/aromatic N) is 3. The lowest BCUT2D eigenvalue weighted by Gasteiger charge is -2.07. The topological polar surface area (TPSA) is 86.1 Å². The van der Waals surface area contributed by atoms with E-state index in [-0.39, 0.29) is 18.3 Å². The fraction of sp³-hybridized carbons (Fsp3) is 0.333. The Bertz CT molecular complexity index is 649. The van der Waals surface area contributed by atoms with E-state index in [0.717, 1.165) is 0 Å². The van der Waals surface area contributed by atoms with Crippen LogP contribution in [-0.4, -0.2) is 33.1 Å². The molecule has 1 N–H and O–H groups in total. The molecule has 116 valence electrons. The van der Waals surface area contributed by atoms with Crippen molar-refractivity contribution in [1.82, 2.24) is 20.1 Å². The average molecular weight is 302 g/mol. The van der Waals surface area contributed by atoms with Crippen LogP contribution in [0.2, 0.25) is 0 Å². The van der Waals surface area contributed by atoms with E-state index in [2.05, 4.69) is 15.5 Å². The van der Waals surface area contributed by atoms with Crippen molar-refractivity contribution in [2.24, 2.45) is 7.05 Å². The second-order valence-corrected chi connectivity index (χ2v) is 4.72. The molecule has 0 saturated heterocycles. The number of benzene rings is 1. The van der Waals surface area contributed by atoms with Gasteiger partial charge in [0.15, 0.2) is 18.2 Å². The highest BCUT2D eigenvalue weighted by molar-refractivity contribution is 5.95. The van der Waals surface area contributed by atoms with Crippen LogP contribution in [0.5, 0.6) is 5.75 Å². The summed E-state index contributed by atoms with van der Waals surface area (Å²) in [5, 5.41) is 10.3. The minimum absolute atomic E-state index is 0.0768. The van der Waals surface area contributed by atoms with Crippen LogP contribution in [-0.2, 0) is 18.4 Å². The lowest BCUT2D eigenvalue weighted by atomic mass is 10.1. The van der Waals surface area contributed by atoms with Gasteiger partial charge in [-0.1, -0.05) is 6.92 Å². The third-order valence-electron chi connectivity index (χ3n) is 3.12. The predicted molar refractivity (Wildman–Crippen MR) is 79.4 cm³/mol. The molecule has 0 aliphatic carbocycles. The zero-order chi connectivity index (χ0) is 15.9. The van der Waals surface area contributed by atoms with Crippen molar-refractivity contribution in [3.8, 4) is 5.75 Å². The summed E-state index contributed by atoms with van der Waals surface area (Å²) in [5.41, 5.74) is 0.640. The van der Waals surface area contributed by atoms with Crippen LogP contribution in [0.3, 0.4) is 0 Å². The van der Waals surface area contributed by atoms with Gasteiger partial charge in [-0.2, -0.15) is 0 Å². The molecule has 0 radical (unpaired) electrons. The SMILES string of the molecule is CCC(=O)c1ccc(OCC(=O)NCc2nncn2C)cc1. The summed E-state index contributed by atoms with van der Waals surface area (Å²) in [7, 11) is 1.80. The Morgan fingerprint density at radius 3 is 2.59 bits per heavy atom. The maximum atomic E-state index is 11.7. The number of rotatable bonds is 7. The van der Waals surface area contributed by atoms with E-state index in [1.165, 1.54) is 0 Å². The van der Waals surface area contributed by atoms with Crippen molar-refractivity contribution >= 4 is 11.7 Å². The number of aromatic nitrogens is 3. The fourth-order valence-corrected chi connectivity index (χ4v) is 1.79. The molecular weight excluding hydrogens is 284 g/mol. The first-order valence-electron chi connectivity index (χ1n) is 6.95. The zero-order valence-electron chi connectivity index (χ0n) is 12.6. The maximum absolute atomic E-state index is 11.7. The van der Waals surface area contributed by atoms with Gasteiger partial charge in [-0.05, 0) is 24.3 Å². The van der Waals surface area contributed by atoms with E-state index in [1.807, 2.05) is 6.92 Å². The van der Waals surface area contributed by atoms with E-state index in [1.54, 1.807) is 42.2 Å². The van der Waals surface area contributed by atoms with Crippen molar-refractivity contribution in [3.63, 3.8) is 0 Å². The Hall–Kier alpha value is -2.70. The van der Waals surface area contributed by atoms with Crippen LogP contribution in [0.1, 0.15) is 29.5 Å². The van der Waals surface area contributed by atoms with Crippen LogP contribution < -0.4 is 10.1 Å². The summed E-state index contributed by atoms with van der Waals surface area (Å²) in [6, 6.07) is 6.74. The van der Waals surface area contributed by atoms with Crippen molar-refractivity contribution in [2.45, 2.75) is 19.9 Å².